The van der Waals surface area contributed by atoms with Gasteiger partial charge >= 0.3 is 6.03 Å². The summed E-state index contributed by atoms with van der Waals surface area (Å²) < 4.78 is 51.6. The Morgan fingerprint density at radius 1 is 1.24 bits per heavy atom. The molecule has 8 nitrogen and oxygen atoms in total. The Morgan fingerprint density at radius 3 is 2.61 bits per heavy atom. The van der Waals surface area contributed by atoms with Gasteiger partial charge in [0.25, 0.3) is 5.91 Å². The quantitative estimate of drug-likeness (QED) is 0.386. The van der Waals surface area contributed by atoms with Gasteiger partial charge < -0.3 is 20.7 Å². The zero-order valence-electron chi connectivity index (χ0n) is 18.9. The van der Waals surface area contributed by atoms with Crippen molar-refractivity contribution >= 4 is 28.5 Å². The lowest BCUT2D eigenvalue weighted by Crippen LogP contribution is -2.37. The maximum atomic E-state index is 14.6. The Bertz CT molecular complexity index is 902. The third-order valence-electron chi connectivity index (χ3n) is 5.18. The van der Waals surface area contributed by atoms with Gasteiger partial charge in [0, 0.05) is 6.54 Å². The van der Waals surface area contributed by atoms with Crippen molar-refractivity contribution in [3.8, 4) is 5.88 Å². The second-order valence-corrected chi connectivity index (χ2v) is 8.93. The average molecular weight is 490 g/mol. The van der Waals surface area contributed by atoms with Crippen molar-refractivity contribution in [1.29, 1.82) is 0 Å². The summed E-state index contributed by atoms with van der Waals surface area (Å²) in [6.07, 6.45) is 5.43. The number of anilines is 1. The molecule has 0 saturated carbocycles. The van der Waals surface area contributed by atoms with Crippen LogP contribution in [0.3, 0.4) is 0 Å². The zero-order chi connectivity index (χ0) is 24.6. The molecular weight excluding hydrogens is 459 g/mol. The highest BCUT2D eigenvalue weighted by Crippen LogP contribution is 2.40. The summed E-state index contributed by atoms with van der Waals surface area (Å²) in [4.78, 5) is 26.2. The molecule has 0 aliphatic heterocycles. The molecule has 4 N–H and O–H groups in total. The molecule has 33 heavy (non-hydrogen) atoms. The van der Waals surface area contributed by atoms with Crippen molar-refractivity contribution in [2.24, 2.45) is 11.7 Å². The summed E-state index contributed by atoms with van der Waals surface area (Å²) >= 11 is 0.734. The molecule has 0 saturated heterocycles. The summed E-state index contributed by atoms with van der Waals surface area (Å²) in [5.74, 6) is -4.84. The smallest absolute Gasteiger partial charge is 0.319 e. The molecule has 3 amide bonds. The fourth-order valence-electron chi connectivity index (χ4n) is 3.19. The van der Waals surface area contributed by atoms with Gasteiger partial charge in [0.1, 0.15) is 28.8 Å². The van der Waals surface area contributed by atoms with Crippen LogP contribution in [0.15, 0.2) is 23.8 Å². The maximum Gasteiger partial charge on any atom is 0.319 e. The molecule has 1 aliphatic carbocycles. The Labute approximate surface area is 195 Å². The molecule has 2 unspecified atom stereocenters. The van der Waals surface area contributed by atoms with Gasteiger partial charge in [-0.15, -0.1) is 0 Å². The maximum absolute atomic E-state index is 14.6. The fraction of sp³-hybridized carbons (Fsp3) is 0.571. The van der Waals surface area contributed by atoms with E-state index in [1.54, 1.807) is 0 Å². The van der Waals surface area contributed by atoms with Crippen molar-refractivity contribution in [2.45, 2.75) is 38.3 Å². The standard InChI is InChI=1S/C21H30F3N5O3S/c1-21(24)13(14(22)8-9-15(21)23)12-32-18-16(17(25)30)19(33-28-18)27-20(31)26-10-6-4-5-7-11-29(2)3/h8-9,13H,4-7,10-12H2,1-3H3,(H2,25,30)(H2,26,27,31). The average Bonchev–Trinajstić information content (AvgIpc) is 3.12. The van der Waals surface area contributed by atoms with Crippen LogP contribution in [0.5, 0.6) is 5.88 Å². The normalized spacial score (nSPS) is 20.3. The van der Waals surface area contributed by atoms with Crippen LogP contribution < -0.4 is 21.1 Å². The molecule has 2 atom stereocenters. The second kappa shape index (κ2) is 12.0. The van der Waals surface area contributed by atoms with E-state index in [1.807, 2.05) is 14.1 Å². The minimum absolute atomic E-state index is 0.0368. The van der Waals surface area contributed by atoms with Gasteiger partial charge in [-0.3, -0.25) is 10.1 Å². The van der Waals surface area contributed by atoms with E-state index in [9.17, 15) is 22.8 Å². The van der Waals surface area contributed by atoms with Gasteiger partial charge in [-0.05, 0) is 64.1 Å². The van der Waals surface area contributed by atoms with Gasteiger partial charge in [-0.25, -0.2) is 18.0 Å². The minimum atomic E-state index is -2.62. The fourth-order valence-corrected chi connectivity index (χ4v) is 3.92. The number of halogens is 3. The number of amides is 3. The van der Waals surface area contributed by atoms with E-state index >= 15 is 0 Å². The summed E-state index contributed by atoms with van der Waals surface area (Å²) in [6, 6.07) is -0.550. The van der Waals surface area contributed by atoms with E-state index in [0.717, 1.165) is 56.8 Å². The molecule has 1 aromatic rings. The highest BCUT2D eigenvalue weighted by atomic mass is 32.1. The number of carbonyl (C=O) groups excluding carboxylic acids is 2. The second-order valence-electron chi connectivity index (χ2n) is 8.16. The molecule has 1 heterocycles. The van der Waals surface area contributed by atoms with Crippen LogP contribution in [0.25, 0.3) is 0 Å². The van der Waals surface area contributed by atoms with E-state index < -0.39 is 41.8 Å². The van der Waals surface area contributed by atoms with Crippen LogP contribution in [0.2, 0.25) is 0 Å². The topological polar surface area (TPSA) is 110 Å². The van der Waals surface area contributed by atoms with E-state index in [4.69, 9.17) is 10.5 Å². The van der Waals surface area contributed by atoms with Crippen molar-refractivity contribution in [3.05, 3.63) is 29.4 Å². The SMILES string of the molecule is CN(C)CCCCCCNC(=O)Nc1snc(OCC2C(F)=CC=C(F)C2(C)F)c1C(N)=O. The summed E-state index contributed by atoms with van der Waals surface area (Å²) in [6.45, 7) is 1.73. The Balaban J connectivity index is 1.90. The number of hydrogen-bond acceptors (Lipinski definition) is 6. The third kappa shape index (κ3) is 7.46. The number of rotatable bonds is 12. The first-order valence-electron chi connectivity index (χ1n) is 10.6. The number of ether oxygens (including phenoxy) is 1. The van der Waals surface area contributed by atoms with Gasteiger partial charge in [0.05, 0.1) is 5.92 Å². The molecule has 0 bridgehead atoms. The van der Waals surface area contributed by atoms with E-state index in [0.29, 0.717) is 12.6 Å². The van der Waals surface area contributed by atoms with Crippen LogP contribution >= 0.6 is 11.5 Å². The summed E-state index contributed by atoms with van der Waals surface area (Å²) in [5, 5.41) is 5.21. The lowest BCUT2D eigenvalue weighted by atomic mass is 9.85. The van der Waals surface area contributed by atoms with Crippen LogP contribution in [0, 0.1) is 5.92 Å². The molecule has 0 radical (unpaired) electrons. The first-order chi connectivity index (χ1) is 15.5. The van der Waals surface area contributed by atoms with Crippen molar-refractivity contribution in [2.75, 3.05) is 39.1 Å². The highest BCUT2D eigenvalue weighted by Gasteiger charge is 2.44. The predicted octanol–water partition coefficient (Wildman–Crippen LogP) is 3.93. The molecule has 184 valence electrons. The number of unbranched alkanes of at least 4 members (excludes halogenated alkanes) is 3. The van der Waals surface area contributed by atoms with Gasteiger partial charge in [-0.2, -0.15) is 4.37 Å². The lowest BCUT2D eigenvalue weighted by Gasteiger charge is -2.30. The number of nitrogens with zero attached hydrogens (tertiary/aromatic N) is 2. The third-order valence-corrected chi connectivity index (χ3v) is 5.93. The van der Waals surface area contributed by atoms with E-state index in [1.165, 1.54) is 0 Å². The number of urea groups is 1. The van der Waals surface area contributed by atoms with Gasteiger partial charge in [0.15, 0.2) is 5.67 Å². The zero-order valence-corrected chi connectivity index (χ0v) is 19.7. The Kier molecular flexibility index (Phi) is 9.71. The molecule has 0 aromatic carbocycles. The number of aromatic nitrogens is 1. The number of alkyl halides is 1. The van der Waals surface area contributed by atoms with Crippen LogP contribution in [0.1, 0.15) is 43.0 Å². The van der Waals surface area contributed by atoms with E-state index in [2.05, 4.69) is 19.9 Å². The van der Waals surface area contributed by atoms with Crippen molar-refractivity contribution in [3.63, 3.8) is 0 Å². The molecule has 2 rings (SSSR count). The van der Waals surface area contributed by atoms with Gasteiger partial charge in [0.2, 0.25) is 5.88 Å². The number of hydrogen-bond donors (Lipinski definition) is 3. The van der Waals surface area contributed by atoms with Gasteiger partial charge in [-0.1, -0.05) is 12.8 Å². The predicted molar refractivity (Wildman–Crippen MR) is 122 cm³/mol. The largest absolute Gasteiger partial charge is 0.476 e. The molecule has 0 fully saturated rings. The molecule has 12 heteroatoms. The summed E-state index contributed by atoms with van der Waals surface area (Å²) in [7, 11) is 4.03. The number of allylic oxidation sites excluding steroid dienone is 3. The number of nitrogens with two attached hydrogens (primary N) is 1. The minimum Gasteiger partial charge on any atom is -0.476 e. The summed E-state index contributed by atoms with van der Waals surface area (Å²) in [5.41, 5.74) is 2.54. The first-order valence-corrected chi connectivity index (χ1v) is 11.4. The molecule has 0 spiro atoms. The molecule has 1 aliphatic rings. The Hall–Kier alpha value is -2.60. The number of nitrogens with one attached hydrogen (secondary N) is 2. The highest BCUT2D eigenvalue weighted by molar-refractivity contribution is 7.11. The number of primary amides is 1. The molecular formula is C21H30F3N5O3S. The van der Waals surface area contributed by atoms with Crippen molar-refractivity contribution in [1.82, 2.24) is 14.6 Å². The van der Waals surface area contributed by atoms with Crippen LogP contribution in [0.4, 0.5) is 23.0 Å². The van der Waals surface area contributed by atoms with Crippen LogP contribution in [-0.2, 0) is 0 Å². The number of carbonyl (C=O) groups is 2. The van der Waals surface area contributed by atoms with E-state index in [-0.39, 0.29) is 16.4 Å². The first kappa shape index (κ1) is 26.7. The Morgan fingerprint density at radius 2 is 1.94 bits per heavy atom. The molecule has 1 aromatic heterocycles. The lowest BCUT2D eigenvalue weighted by molar-refractivity contribution is 0.0783. The van der Waals surface area contributed by atoms with Crippen molar-refractivity contribution < 1.29 is 27.5 Å². The van der Waals surface area contributed by atoms with Crippen LogP contribution in [-0.4, -0.2) is 60.7 Å². The monoisotopic (exact) mass is 489 g/mol.